The molecule has 0 saturated heterocycles. The highest BCUT2D eigenvalue weighted by molar-refractivity contribution is 5.75. The third kappa shape index (κ3) is 5.33. The first-order valence-electron chi connectivity index (χ1n) is 10.8. The van der Waals surface area contributed by atoms with Crippen LogP contribution in [0.5, 0.6) is 5.75 Å². The van der Waals surface area contributed by atoms with Crippen molar-refractivity contribution in [2.24, 2.45) is 0 Å². The van der Waals surface area contributed by atoms with Crippen molar-refractivity contribution >= 4 is 5.97 Å². The Bertz CT molecular complexity index is 974. The van der Waals surface area contributed by atoms with Crippen LogP contribution in [0.3, 0.4) is 0 Å². The second-order valence-electron chi connectivity index (χ2n) is 7.85. The Hall–Kier alpha value is -3.11. The number of para-hydroxylation sites is 1. The minimum absolute atomic E-state index is 0.409. The Labute approximate surface area is 184 Å². The standard InChI is InChI=1S/C27H30O4/c1-3-18-27(30,19-4-2)23-12-8-9-13-24(23)31-25(26(28)29)22-16-14-21(15-17-22)20-10-6-5-7-11-20/h5-17,25,30H,3-4,18-19H2,1-2H3,(H,28,29). The molecule has 3 aromatic carbocycles. The van der Waals surface area contributed by atoms with Gasteiger partial charge >= 0.3 is 5.97 Å². The lowest BCUT2D eigenvalue weighted by atomic mass is 9.84. The van der Waals surface area contributed by atoms with Crippen LogP contribution in [0.25, 0.3) is 11.1 Å². The van der Waals surface area contributed by atoms with Crippen LogP contribution >= 0.6 is 0 Å². The highest BCUT2D eigenvalue weighted by atomic mass is 16.5. The number of aliphatic hydroxyl groups is 1. The number of carboxylic acid groups (broad SMARTS) is 1. The van der Waals surface area contributed by atoms with Crippen LogP contribution in [-0.4, -0.2) is 16.2 Å². The van der Waals surface area contributed by atoms with Crippen LogP contribution in [-0.2, 0) is 10.4 Å². The van der Waals surface area contributed by atoms with E-state index in [0.717, 1.165) is 24.0 Å². The molecule has 1 atom stereocenters. The molecule has 0 fully saturated rings. The van der Waals surface area contributed by atoms with Crippen LogP contribution in [0, 0.1) is 0 Å². The van der Waals surface area contributed by atoms with E-state index in [4.69, 9.17) is 4.74 Å². The topological polar surface area (TPSA) is 66.8 Å². The molecule has 0 radical (unpaired) electrons. The van der Waals surface area contributed by atoms with Gasteiger partial charge in [0, 0.05) is 11.1 Å². The van der Waals surface area contributed by atoms with E-state index in [2.05, 4.69) is 0 Å². The number of carbonyl (C=O) groups is 1. The van der Waals surface area contributed by atoms with E-state index in [1.54, 1.807) is 24.3 Å². The van der Waals surface area contributed by atoms with E-state index < -0.39 is 17.7 Å². The minimum Gasteiger partial charge on any atom is -0.478 e. The van der Waals surface area contributed by atoms with Crippen molar-refractivity contribution in [3.05, 3.63) is 90.0 Å². The van der Waals surface area contributed by atoms with Gasteiger partial charge in [-0.25, -0.2) is 4.79 Å². The molecule has 0 saturated carbocycles. The van der Waals surface area contributed by atoms with E-state index in [0.29, 0.717) is 29.7 Å². The summed E-state index contributed by atoms with van der Waals surface area (Å²) in [4.78, 5) is 12.1. The van der Waals surface area contributed by atoms with Gasteiger partial charge < -0.3 is 14.9 Å². The van der Waals surface area contributed by atoms with Gasteiger partial charge in [0.15, 0.2) is 0 Å². The Balaban J connectivity index is 1.92. The molecule has 4 heteroatoms. The van der Waals surface area contributed by atoms with Crippen molar-refractivity contribution in [2.75, 3.05) is 0 Å². The number of ether oxygens (including phenoxy) is 1. The maximum absolute atomic E-state index is 12.1. The van der Waals surface area contributed by atoms with E-state index >= 15 is 0 Å². The van der Waals surface area contributed by atoms with Gasteiger partial charge in [0.05, 0.1) is 5.60 Å². The summed E-state index contributed by atoms with van der Waals surface area (Å²) in [5, 5.41) is 21.2. The van der Waals surface area contributed by atoms with Gasteiger partial charge in [-0.15, -0.1) is 0 Å². The van der Waals surface area contributed by atoms with Gasteiger partial charge in [-0.1, -0.05) is 99.5 Å². The van der Waals surface area contributed by atoms with Gasteiger partial charge in [0.2, 0.25) is 6.10 Å². The summed E-state index contributed by atoms with van der Waals surface area (Å²) in [6.07, 6.45) is 1.64. The molecule has 0 bridgehead atoms. The summed E-state index contributed by atoms with van der Waals surface area (Å²) in [6, 6.07) is 24.5. The van der Waals surface area contributed by atoms with Crippen LogP contribution in [0.2, 0.25) is 0 Å². The van der Waals surface area contributed by atoms with Gasteiger partial charge in [-0.2, -0.15) is 0 Å². The Morgan fingerprint density at radius 2 is 1.39 bits per heavy atom. The molecule has 2 N–H and O–H groups in total. The fraction of sp³-hybridized carbons (Fsp3) is 0.296. The van der Waals surface area contributed by atoms with Crippen molar-refractivity contribution < 1.29 is 19.7 Å². The normalized spacial score (nSPS) is 12.4. The Kier molecular flexibility index (Phi) is 7.48. The quantitative estimate of drug-likeness (QED) is 0.403. The minimum atomic E-state index is -1.17. The summed E-state index contributed by atoms with van der Waals surface area (Å²) in [5.74, 6) is -0.664. The molecule has 0 spiro atoms. The largest absolute Gasteiger partial charge is 0.478 e. The van der Waals surface area contributed by atoms with E-state index in [9.17, 15) is 15.0 Å². The highest BCUT2D eigenvalue weighted by Gasteiger charge is 2.32. The fourth-order valence-corrected chi connectivity index (χ4v) is 4.04. The predicted octanol–water partition coefficient (Wildman–Crippen LogP) is 6.35. The zero-order chi connectivity index (χ0) is 22.3. The van der Waals surface area contributed by atoms with Crippen LogP contribution in [0.1, 0.15) is 56.8 Å². The third-order valence-electron chi connectivity index (χ3n) is 5.51. The molecule has 3 aromatic rings. The van der Waals surface area contributed by atoms with Crippen molar-refractivity contribution in [3.63, 3.8) is 0 Å². The number of rotatable bonds is 10. The SMILES string of the molecule is CCCC(O)(CCC)c1ccccc1OC(C(=O)O)c1ccc(-c2ccccc2)cc1. The zero-order valence-electron chi connectivity index (χ0n) is 18.1. The maximum atomic E-state index is 12.1. The molecule has 0 heterocycles. The highest BCUT2D eigenvalue weighted by Crippen LogP contribution is 2.39. The molecule has 0 aliphatic carbocycles. The molecule has 31 heavy (non-hydrogen) atoms. The fourth-order valence-electron chi connectivity index (χ4n) is 4.04. The molecule has 0 aliphatic heterocycles. The zero-order valence-corrected chi connectivity index (χ0v) is 18.1. The number of carboxylic acids is 1. The Morgan fingerprint density at radius 3 is 1.97 bits per heavy atom. The lowest BCUT2D eigenvalue weighted by molar-refractivity contribution is -0.145. The first-order chi connectivity index (χ1) is 15.0. The number of aliphatic carboxylic acids is 1. The van der Waals surface area contributed by atoms with Crippen LogP contribution < -0.4 is 4.74 Å². The summed E-state index contributed by atoms with van der Waals surface area (Å²) in [7, 11) is 0. The van der Waals surface area contributed by atoms with Crippen molar-refractivity contribution in [1.82, 2.24) is 0 Å². The second-order valence-corrected chi connectivity index (χ2v) is 7.85. The predicted molar refractivity (Wildman–Crippen MR) is 123 cm³/mol. The number of hydrogen-bond acceptors (Lipinski definition) is 3. The summed E-state index contributed by atoms with van der Waals surface area (Å²) < 4.78 is 6.02. The number of hydrogen-bond donors (Lipinski definition) is 2. The summed E-state index contributed by atoms with van der Waals surface area (Å²) >= 11 is 0. The van der Waals surface area contributed by atoms with E-state index in [1.165, 1.54) is 0 Å². The summed E-state index contributed by atoms with van der Waals surface area (Å²) in [6.45, 7) is 4.05. The molecule has 0 amide bonds. The monoisotopic (exact) mass is 418 g/mol. The van der Waals surface area contributed by atoms with Crippen molar-refractivity contribution in [3.8, 4) is 16.9 Å². The van der Waals surface area contributed by atoms with Gasteiger partial charge in [-0.05, 0) is 30.0 Å². The molecule has 162 valence electrons. The first kappa shape index (κ1) is 22.6. The maximum Gasteiger partial charge on any atom is 0.349 e. The van der Waals surface area contributed by atoms with Crippen molar-refractivity contribution in [2.45, 2.75) is 51.2 Å². The molecule has 3 rings (SSSR count). The molecule has 0 aliphatic rings. The van der Waals surface area contributed by atoms with Crippen molar-refractivity contribution in [1.29, 1.82) is 0 Å². The average Bonchev–Trinajstić information content (AvgIpc) is 2.78. The molecule has 4 nitrogen and oxygen atoms in total. The van der Waals surface area contributed by atoms with Crippen LogP contribution in [0.4, 0.5) is 0 Å². The smallest absolute Gasteiger partial charge is 0.349 e. The molecule has 0 aromatic heterocycles. The summed E-state index contributed by atoms with van der Waals surface area (Å²) in [5.41, 5.74) is 2.23. The van der Waals surface area contributed by atoms with E-state index in [-0.39, 0.29) is 0 Å². The Morgan fingerprint density at radius 1 is 0.839 bits per heavy atom. The lowest BCUT2D eigenvalue weighted by Crippen LogP contribution is -2.27. The number of benzene rings is 3. The van der Waals surface area contributed by atoms with Gasteiger partial charge in [0.1, 0.15) is 5.75 Å². The second kappa shape index (κ2) is 10.3. The molecular weight excluding hydrogens is 388 g/mol. The first-order valence-corrected chi connectivity index (χ1v) is 10.8. The average molecular weight is 419 g/mol. The molecule has 1 unspecified atom stereocenters. The van der Waals surface area contributed by atoms with Crippen LogP contribution in [0.15, 0.2) is 78.9 Å². The van der Waals surface area contributed by atoms with E-state index in [1.807, 2.05) is 68.4 Å². The third-order valence-corrected chi connectivity index (χ3v) is 5.51. The lowest BCUT2D eigenvalue weighted by Gasteiger charge is -2.30. The van der Waals surface area contributed by atoms with Gasteiger partial charge in [0.25, 0.3) is 0 Å². The van der Waals surface area contributed by atoms with Gasteiger partial charge in [-0.3, -0.25) is 0 Å². The molecular formula is C27H30O4.